The summed E-state index contributed by atoms with van der Waals surface area (Å²) in [6.45, 7) is 5.58. The molecule has 0 amide bonds. The maximum absolute atomic E-state index is 4.78. The van der Waals surface area contributed by atoms with Crippen molar-refractivity contribution in [2.75, 3.05) is 0 Å². The molecular formula is C28H46N2. The first-order valence-electron chi connectivity index (χ1n) is 12.9. The molecule has 0 atom stereocenters. The molecule has 0 spiro atoms. The van der Waals surface area contributed by atoms with Gasteiger partial charge in [-0.05, 0) is 38.2 Å². The summed E-state index contributed by atoms with van der Waals surface area (Å²) in [5, 5.41) is 0. The lowest BCUT2D eigenvalue weighted by atomic mass is 10.0. The highest BCUT2D eigenvalue weighted by Crippen LogP contribution is 2.14. The molecule has 1 aromatic heterocycles. The maximum atomic E-state index is 4.78. The van der Waals surface area contributed by atoms with Crippen molar-refractivity contribution in [2.45, 2.75) is 123 Å². The van der Waals surface area contributed by atoms with Gasteiger partial charge in [-0.3, -0.25) is 0 Å². The zero-order chi connectivity index (χ0) is 21.3. The van der Waals surface area contributed by atoms with Crippen LogP contribution in [0.5, 0.6) is 0 Å². The predicted molar refractivity (Wildman–Crippen MR) is 131 cm³/mol. The molecule has 1 aromatic carbocycles. The molecule has 2 rings (SSSR count). The summed E-state index contributed by atoms with van der Waals surface area (Å²) in [5.74, 6) is 1.18. The van der Waals surface area contributed by atoms with Crippen LogP contribution in [0.3, 0.4) is 0 Å². The summed E-state index contributed by atoms with van der Waals surface area (Å²) in [6.07, 6.45) is 24.1. The number of nitrogens with zero attached hydrogens (tertiary/aromatic N) is 2. The van der Waals surface area contributed by atoms with Crippen LogP contribution in [0, 0.1) is 6.92 Å². The molecular weight excluding hydrogens is 364 g/mol. The fraction of sp³-hybridized carbons (Fsp3) is 0.679. The highest BCUT2D eigenvalue weighted by molar-refractivity contribution is 5.15. The summed E-state index contributed by atoms with van der Waals surface area (Å²) in [6, 6.07) is 10.8. The minimum Gasteiger partial charge on any atom is -0.335 e. The molecule has 0 N–H and O–H groups in total. The smallest absolute Gasteiger partial charge is 0.105 e. The van der Waals surface area contributed by atoms with Gasteiger partial charge in [0, 0.05) is 12.7 Å². The lowest BCUT2D eigenvalue weighted by Crippen LogP contribution is -1.99. The zero-order valence-electron chi connectivity index (χ0n) is 19.9. The first kappa shape index (κ1) is 24.7. The van der Waals surface area contributed by atoms with Crippen molar-refractivity contribution in [3.63, 3.8) is 0 Å². The standard InChI is InChI=1S/C28H46N2/c1-3-4-5-6-7-8-9-10-11-12-13-14-18-24-30-25-28(29-26(30)2)23-19-22-27-20-16-15-17-21-27/h15-17,20-21,25H,3-14,18-19,22-24H2,1-2H3. The van der Waals surface area contributed by atoms with Gasteiger partial charge in [0.05, 0.1) is 5.69 Å². The third-order valence-electron chi connectivity index (χ3n) is 6.27. The molecule has 168 valence electrons. The van der Waals surface area contributed by atoms with E-state index >= 15 is 0 Å². The van der Waals surface area contributed by atoms with Gasteiger partial charge in [0.1, 0.15) is 5.82 Å². The molecule has 0 fully saturated rings. The highest BCUT2D eigenvalue weighted by Gasteiger charge is 2.04. The van der Waals surface area contributed by atoms with Gasteiger partial charge in [-0.25, -0.2) is 4.98 Å². The fourth-order valence-electron chi connectivity index (χ4n) is 4.34. The number of aromatic nitrogens is 2. The monoisotopic (exact) mass is 410 g/mol. The molecule has 0 saturated heterocycles. The van der Waals surface area contributed by atoms with E-state index < -0.39 is 0 Å². The Balaban J connectivity index is 1.45. The number of benzene rings is 1. The van der Waals surface area contributed by atoms with E-state index in [0.717, 1.165) is 19.4 Å². The summed E-state index contributed by atoms with van der Waals surface area (Å²) in [5.41, 5.74) is 2.69. The van der Waals surface area contributed by atoms with E-state index in [1.807, 2.05) is 0 Å². The third kappa shape index (κ3) is 11.0. The van der Waals surface area contributed by atoms with Gasteiger partial charge < -0.3 is 4.57 Å². The number of rotatable bonds is 18. The topological polar surface area (TPSA) is 17.8 Å². The van der Waals surface area contributed by atoms with Crippen LogP contribution in [0.15, 0.2) is 36.5 Å². The zero-order valence-corrected chi connectivity index (χ0v) is 19.9. The summed E-state index contributed by atoms with van der Waals surface area (Å²) < 4.78 is 2.37. The lowest BCUT2D eigenvalue weighted by Gasteiger charge is -2.05. The summed E-state index contributed by atoms with van der Waals surface area (Å²) in [4.78, 5) is 4.78. The van der Waals surface area contributed by atoms with Crippen molar-refractivity contribution in [1.29, 1.82) is 0 Å². The van der Waals surface area contributed by atoms with Crippen LogP contribution >= 0.6 is 0 Å². The van der Waals surface area contributed by atoms with Crippen molar-refractivity contribution < 1.29 is 0 Å². The Labute approximate surface area is 186 Å². The van der Waals surface area contributed by atoms with E-state index in [9.17, 15) is 0 Å². The average Bonchev–Trinajstić information content (AvgIpc) is 3.11. The van der Waals surface area contributed by atoms with E-state index in [1.54, 1.807) is 0 Å². The van der Waals surface area contributed by atoms with E-state index in [4.69, 9.17) is 4.98 Å². The van der Waals surface area contributed by atoms with Crippen LogP contribution < -0.4 is 0 Å². The number of hydrogen-bond donors (Lipinski definition) is 0. The fourth-order valence-corrected chi connectivity index (χ4v) is 4.34. The van der Waals surface area contributed by atoms with Crippen LogP contribution in [-0.4, -0.2) is 9.55 Å². The molecule has 0 aliphatic heterocycles. The average molecular weight is 411 g/mol. The quantitative estimate of drug-likeness (QED) is 0.225. The molecule has 1 heterocycles. The van der Waals surface area contributed by atoms with E-state index in [1.165, 1.54) is 107 Å². The number of unbranched alkanes of at least 4 members (excludes halogenated alkanes) is 12. The molecule has 0 aliphatic rings. The summed E-state index contributed by atoms with van der Waals surface area (Å²) in [7, 11) is 0. The first-order chi connectivity index (χ1) is 14.8. The first-order valence-corrected chi connectivity index (χ1v) is 12.9. The van der Waals surface area contributed by atoms with Gasteiger partial charge in [0.2, 0.25) is 0 Å². The second kappa shape index (κ2) is 16.2. The second-order valence-electron chi connectivity index (χ2n) is 9.05. The Kier molecular flexibility index (Phi) is 13.3. The van der Waals surface area contributed by atoms with Gasteiger partial charge in [0.15, 0.2) is 0 Å². The Morgan fingerprint density at radius 2 is 1.23 bits per heavy atom. The van der Waals surface area contributed by atoms with Gasteiger partial charge in [-0.15, -0.1) is 0 Å². The Morgan fingerprint density at radius 3 is 1.83 bits per heavy atom. The normalized spacial score (nSPS) is 11.3. The minimum atomic E-state index is 1.08. The van der Waals surface area contributed by atoms with Crippen molar-refractivity contribution in [3.05, 3.63) is 53.6 Å². The van der Waals surface area contributed by atoms with E-state index in [0.29, 0.717) is 0 Å². The van der Waals surface area contributed by atoms with Gasteiger partial charge in [-0.1, -0.05) is 114 Å². The molecule has 2 nitrogen and oxygen atoms in total. The molecule has 0 bridgehead atoms. The van der Waals surface area contributed by atoms with Crippen LogP contribution in [0.25, 0.3) is 0 Å². The van der Waals surface area contributed by atoms with Crippen molar-refractivity contribution in [3.8, 4) is 0 Å². The predicted octanol–water partition coefficient (Wildman–Crippen LogP) is 8.46. The molecule has 0 radical (unpaired) electrons. The highest BCUT2D eigenvalue weighted by atomic mass is 15.1. The van der Waals surface area contributed by atoms with Gasteiger partial charge >= 0.3 is 0 Å². The number of imidazole rings is 1. The van der Waals surface area contributed by atoms with Gasteiger partial charge in [-0.2, -0.15) is 0 Å². The van der Waals surface area contributed by atoms with Crippen molar-refractivity contribution in [1.82, 2.24) is 9.55 Å². The largest absolute Gasteiger partial charge is 0.335 e. The maximum Gasteiger partial charge on any atom is 0.105 e. The number of hydrogen-bond acceptors (Lipinski definition) is 1. The Bertz CT molecular complexity index is 644. The van der Waals surface area contributed by atoms with E-state index in [2.05, 4.69) is 54.9 Å². The molecule has 0 unspecified atom stereocenters. The van der Waals surface area contributed by atoms with Gasteiger partial charge in [0.25, 0.3) is 0 Å². The van der Waals surface area contributed by atoms with Crippen molar-refractivity contribution >= 4 is 0 Å². The van der Waals surface area contributed by atoms with E-state index in [-0.39, 0.29) is 0 Å². The Morgan fingerprint density at radius 1 is 0.667 bits per heavy atom. The molecule has 0 aliphatic carbocycles. The molecule has 2 heteroatoms. The number of aryl methyl sites for hydroxylation is 4. The van der Waals surface area contributed by atoms with Crippen LogP contribution in [0.2, 0.25) is 0 Å². The Hall–Kier alpha value is -1.57. The lowest BCUT2D eigenvalue weighted by molar-refractivity contribution is 0.523. The molecule has 2 aromatic rings. The van der Waals surface area contributed by atoms with Crippen LogP contribution in [0.4, 0.5) is 0 Å². The van der Waals surface area contributed by atoms with Crippen molar-refractivity contribution in [2.24, 2.45) is 0 Å². The second-order valence-corrected chi connectivity index (χ2v) is 9.05. The SMILES string of the molecule is CCCCCCCCCCCCCCCn1cc(CCCc2ccccc2)nc1C. The van der Waals surface area contributed by atoms with Crippen LogP contribution in [0.1, 0.15) is 114 Å². The molecule has 30 heavy (non-hydrogen) atoms. The van der Waals surface area contributed by atoms with Crippen LogP contribution in [-0.2, 0) is 19.4 Å². The summed E-state index contributed by atoms with van der Waals surface area (Å²) >= 11 is 0. The molecule has 0 saturated carbocycles. The minimum absolute atomic E-state index is 1.08. The third-order valence-corrected chi connectivity index (χ3v) is 6.27.